The van der Waals surface area contributed by atoms with E-state index in [1.54, 1.807) is 0 Å². The Morgan fingerprint density at radius 1 is 0.581 bits per heavy atom. The molecule has 2 nitrogen and oxygen atoms in total. The minimum Gasteiger partial charge on any atom is -0.382 e. The molecule has 0 aromatic carbocycles. The molecule has 0 aliphatic rings. The quantitative estimate of drug-likeness (QED) is 0.0710. The summed E-state index contributed by atoms with van der Waals surface area (Å²) in [4.78, 5) is 0. The summed E-state index contributed by atoms with van der Waals surface area (Å²) >= 11 is 0. The molecule has 0 aromatic heterocycles. The summed E-state index contributed by atoms with van der Waals surface area (Å²) < 4.78 is 12.4. The van der Waals surface area contributed by atoms with Gasteiger partial charge in [0.15, 0.2) is 0 Å². The van der Waals surface area contributed by atoms with Crippen molar-refractivity contribution in [2.45, 2.75) is 129 Å². The van der Waals surface area contributed by atoms with Gasteiger partial charge in [0.2, 0.25) is 0 Å². The van der Waals surface area contributed by atoms with Crippen molar-refractivity contribution in [2.24, 2.45) is 0 Å². The van der Waals surface area contributed by atoms with Crippen molar-refractivity contribution >= 4 is 49.0 Å². The van der Waals surface area contributed by atoms with Crippen molar-refractivity contribution in [1.29, 1.82) is 0 Å². The van der Waals surface area contributed by atoms with Crippen LogP contribution in [0.15, 0.2) is 0 Å². The van der Waals surface area contributed by atoms with Gasteiger partial charge >= 0.3 is 0 Å². The second-order valence-corrected chi connectivity index (χ2v) is 20.4. The number of ether oxygens (including phenoxy) is 2. The first-order valence-corrected chi connectivity index (χ1v) is 22.9. The number of unbranched alkanes of at least 4 members (excludes halogenated alkanes) is 6. The van der Waals surface area contributed by atoms with Gasteiger partial charge < -0.3 is 9.47 Å². The highest BCUT2D eigenvalue weighted by Gasteiger charge is 2.15. The van der Waals surface area contributed by atoms with Crippen LogP contribution in [0.3, 0.4) is 0 Å². The first kappa shape index (κ1) is 32.4. The van der Waals surface area contributed by atoms with E-state index in [-0.39, 0.29) is 0 Å². The third-order valence-corrected chi connectivity index (χ3v) is 14.1. The Labute approximate surface area is 210 Å². The molecule has 0 saturated heterocycles. The maximum atomic E-state index is 6.19. The van der Waals surface area contributed by atoms with E-state index in [1.165, 1.54) is 88.6 Å². The lowest BCUT2D eigenvalue weighted by atomic mass is 10.2. The molecule has 188 valence electrons. The zero-order valence-electron chi connectivity index (χ0n) is 21.7. The molecule has 2 unspecified atom stereocenters. The van der Waals surface area contributed by atoms with Crippen LogP contribution < -0.4 is 0 Å². The zero-order chi connectivity index (χ0) is 23.2. The second kappa shape index (κ2) is 24.5. The maximum Gasteiger partial charge on any atom is 0.0656 e. The molecule has 0 saturated carbocycles. The van der Waals surface area contributed by atoms with Crippen LogP contribution >= 0.6 is 31.4 Å². The average molecular weight is 527 g/mol. The summed E-state index contributed by atoms with van der Waals surface area (Å²) in [5, 5.41) is 0. The van der Waals surface area contributed by atoms with Crippen molar-refractivity contribution in [3.05, 3.63) is 0 Å². The predicted molar refractivity (Wildman–Crippen MR) is 156 cm³/mol. The molecule has 0 heterocycles. The molecule has 0 N–H and O–H groups in total. The van der Waals surface area contributed by atoms with Gasteiger partial charge in [0.1, 0.15) is 0 Å². The van der Waals surface area contributed by atoms with Gasteiger partial charge in [-0.3, -0.25) is 0 Å². The van der Waals surface area contributed by atoms with E-state index in [9.17, 15) is 0 Å². The lowest BCUT2D eigenvalue weighted by Crippen LogP contribution is -2.28. The van der Waals surface area contributed by atoms with Crippen LogP contribution in [0.25, 0.3) is 0 Å². The highest BCUT2D eigenvalue weighted by molar-refractivity contribution is 9.09. The predicted octanol–water partition coefficient (Wildman–Crippen LogP) is 8.56. The van der Waals surface area contributed by atoms with Gasteiger partial charge in [-0.15, -0.1) is 0 Å². The average Bonchev–Trinajstić information content (AvgIpc) is 2.74. The van der Waals surface area contributed by atoms with Crippen LogP contribution in [-0.2, 0) is 9.47 Å². The molecule has 0 rings (SSSR count). The minimum atomic E-state index is -0.688. The van der Waals surface area contributed by atoms with Crippen LogP contribution in [0.4, 0.5) is 0 Å². The van der Waals surface area contributed by atoms with E-state index in [2.05, 4.69) is 61.6 Å². The third-order valence-electron chi connectivity index (χ3n) is 5.68. The molecule has 0 radical (unpaired) electrons. The fraction of sp³-hybridized carbons (Fsp3) is 1.00. The Kier molecular flexibility index (Phi) is 25.6. The van der Waals surface area contributed by atoms with Gasteiger partial charge in [-0.05, 0) is 48.4 Å². The van der Waals surface area contributed by atoms with Crippen LogP contribution in [0.2, 0.25) is 26.2 Å². The molecule has 0 bridgehead atoms. The number of hydrogen-bond acceptors (Lipinski definition) is 5. The largest absolute Gasteiger partial charge is 0.382 e. The van der Waals surface area contributed by atoms with E-state index in [4.69, 9.17) is 9.47 Å². The summed E-state index contributed by atoms with van der Waals surface area (Å²) in [5.74, 6) is 2.57. The molecule has 0 amide bonds. The molecule has 7 heteroatoms. The van der Waals surface area contributed by atoms with E-state index < -0.39 is 17.6 Å². The highest BCUT2D eigenvalue weighted by Crippen LogP contribution is 2.36. The second-order valence-electron chi connectivity index (χ2n) is 9.42. The molecule has 2 atom stereocenters. The van der Waals surface area contributed by atoms with Gasteiger partial charge in [-0.25, -0.2) is 0 Å². The molecule has 31 heavy (non-hydrogen) atoms. The molecule has 0 spiro atoms. The lowest BCUT2D eigenvalue weighted by Gasteiger charge is -2.21. The third kappa shape index (κ3) is 21.7. The van der Waals surface area contributed by atoms with Crippen molar-refractivity contribution < 1.29 is 9.47 Å². The first-order chi connectivity index (χ1) is 15.0. The first-order valence-electron chi connectivity index (χ1n) is 13.2. The number of hydrogen-bond donors (Lipinski definition) is 0. The fourth-order valence-corrected chi connectivity index (χ4v) is 10.4. The maximum absolute atomic E-state index is 6.19. The fourth-order valence-electron chi connectivity index (χ4n) is 3.51. The van der Waals surface area contributed by atoms with Crippen LogP contribution in [0, 0.1) is 0 Å². The molecule has 0 aromatic rings. The Morgan fingerprint density at radius 3 is 1.35 bits per heavy atom. The van der Waals surface area contributed by atoms with E-state index in [1.807, 2.05) is 9.83 Å². The molecule has 0 aliphatic heterocycles. The summed E-state index contributed by atoms with van der Waals surface area (Å²) in [7, 11) is 4.75. The Balaban J connectivity index is 3.56. The Hall–Kier alpha value is 1.40. The van der Waals surface area contributed by atoms with Crippen molar-refractivity contribution in [3.63, 3.8) is 0 Å². The van der Waals surface area contributed by atoms with Crippen LogP contribution in [0.5, 0.6) is 0 Å². The molecular formula is C24H54O2S3Si2. The molecule has 0 fully saturated rings. The number of rotatable bonds is 24. The van der Waals surface area contributed by atoms with Gasteiger partial charge in [0.25, 0.3) is 0 Å². The normalized spacial score (nSPS) is 13.9. The standard InChI is InChI=1S/C24H54O2S3Si2/c1-7-9-13-19-25-23(30(3)4)17-11-15-21-27-29-28-22-16-12-18-24(31(5)6)26-20-14-10-8-2/h23-24,30-31H,7-22H2,1-6H3. The van der Waals surface area contributed by atoms with E-state index in [0.717, 1.165) is 13.2 Å². The van der Waals surface area contributed by atoms with Gasteiger partial charge in [-0.1, -0.05) is 100 Å². The van der Waals surface area contributed by atoms with E-state index >= 15 is 0 Å². The van der Waals surface area contributed by atoms with Gasteiger partial charge in [0, 0.05) is 36.2 Å². The molecule has 0 aliphatic carbocycles. The smallest absolute Gasteiger partial charge is 0.0656 e. The minimum absolute atomic E-state index is 0.595. The summed E-state index contributed by atoms with van der Waals surface area (Å²) in [5.41, 5.74) is 1.19. The van der Waals surface area contributed by atoms with Crippen LogP contribution in [-0.4, -0.2) is 53.8 Å². The topological polar surface area (TPSA) is 18.5 Å². The van der Waals surface area contributed by atoms with Crippen molar-refractivity contribution in [3.8, 4) is 0 Å². The Morgan fingerprint density at radius 2 is 1.00 bits per heavy atom. The SMILES string of the molecule is CCCCCOC(CCCCSSSCCCCC(OCCCCC)[SiH](C)C)[SiH](C)C. The lowest BCUT2D eigenvalue weighted by molar-refractivity contribution is 0.0920. The summed E-state index contributed by atoms with van der Waals surface area (Å²) in [6, 6.07) is 0. The Bertz CT molecular complexity index is 332. The molecular weight excluding hydrogens is 473 g/mol. The monoisotopic (exact) mass is 526 g/mol. The van der Waals surface area contributed by atoms with Gasteiger partial charge in [0.05, 0.1) is 17.6 Å². The van der Waals surface area contributed by atoms with Crippen molar-refractivity contribution in [1.82, 2.24) is 0 Å². The van der Waals surface area contributed by atoms with Crippen molar-refractivity contribution in [2.75, 3.05) is 24.7 Å². The van der Waals surface area contributed by atoms with Gasteiger partial charge in [-0.2, -0.15) is 0 Å². The summed E-state index contributed by atoms with van der Waals surface area (Å²) in [6.45, 7) is 16.2. The summed E-state index contributed by atoms with van der Waals surface area (Å²) in [6.07, 6.45) is 15.6. The highest BCUT2D eigenvalue weighted by atomic mass is 33.5. The zero-order valence-corrected chi connectivity index (χ0v) is 26.4. The van der Waals surface area contributed by atoms with E-state index in [0.29, 0.717) is 11.5 Å². The van der Waals surface area contributed by atoms with Crippen LogP contribution in [0.1, 0.15) is 90.9 Å².